The van der Waals surface area contributed by atoms with Gasteiger partial charge in [0.25, 0.3) is 0 Å². The molecule has 1 saturated heterocycles. The molecule has 0 radical (unpaired) electrons. The van der Waals surface area contributed by atoms with E-state index in [1.807, 2.05) is 24.3 Å². The Hall–Kier alpha value is -1.55. The third-order valence-electron chi connectivity index (χ3n) is 2.87. The number of benzene rings is 1. The average Bonchev–Trinajstić information content (AvgIpc) is 2.32. The van der Waals surface area contributed by atoms with Gasteiger partial charge < -0.3 is 16.0 Å². The molecular weight excluding hydrogens is 214 g/mol. The fourth-order valence-corrected chi connectivity index (χ4v) is 2.06. The van der Waals surface area contributed by atoms with Crippen LogP contribution in [0.3, 0.4) is 0 Å². The lowest BCUT2D eigenvalue weighted by Crippen LogP contribution is -2.38. The highest BCUT2D eigenvalue weighted by atomic mass is 16.1. The third-order valence-corrected chi connectivity index (χ3v) is 2.87. The molecule has 1 aliphatic heterocycles. The maximum atomic E-state index is 10.9. The zero-order valence-corrected chi connectivity index (χ0v) is 10.1. The van der Waals surface area contributed by atoms with Crippen LogP contribution < -0.4 is 16.0 Å². The molecule has 92 valence electrons. The Kier molecular flexibility index (Phi) is 3.98. The van der Waals surface area contributed by atoms with Crippen LogP contribution in [0.1, 0.15) is 19.8 Å². The summed E-state index contributed by atoms with van der Waals surface area (Å²) in [5, 5.41) is 9.62. The van der Waals surface area contributed by atoms with Crippen LogP contribution >= 0.6 is 0 Å². The summed E-state index contributed by atoms with van der Waals surface area (Å²) in [4.78, 5) is 10.9. The molecule has 0 aromatic heterocycles. The Balaban J connectivity index is 1.90. The van der Waals surface area contributed by atoms with Gasteiger partial charge in [-0.3, -0.25) is 4.79 Å². The first-order valence-electron chi connectivity index (χ1n) is 6.09. The molecule has 1 amide bonds. The van der Waals surface area contributed by atoms with Gasteiger partial charge in [-0.15, -0.1) is 0 Å². The number of carbonyl (C=O) groups excluding carboxylic acids is 1. The van der Waals surface area contributed by atoms with Crippen LogP contribution in [0.2, 0.25) is 0 Å². The Morgan fingerprint density at radius 3 is 2.59 bits per heavy atom. The molecule has 4 heteroatoms. The summed E-state index contributed by atoms with van der Waals surface area (Å²) in [7, 11) is 0. The number of nitrogens with one attached hydrogen (secondary N) is 3. The van der Waals surface area contributed by atoms with Crippen molar-refractivity contribution in [1.82, 2.24) is 5.32 Å². The smallest absolute Gasteiger partial charge is 0.221 e. The summed E-state index contributed by atoms with van der Waals surface area (Å²) in [6.07, 6.45) is 2.43. The molecule has 1 heterocycles. The molecule has 0 spiro atoms. The van der Waals surface area contributed by atoms with E-state index in [0.29, 0.717) is 6.04 Å². The highest BCUT2D eigenvalue weighted by Crippen LogP contribution is 2.16. The third kappa shape index (κ3) is 3.75. The Bertz CT molecular complexity index is 369. The number of hydrogen-bond acceptors (Lipinski definition) is 3. The predicted octanol–water partition coefficient (Wildman–Crippen LogP) is 1.81. The summed E-state index contributed by atoms with van der Waals surface area (Å²) >= 11 is 0. The van der Waals surface area contributed by atoms with Gasteiger partial charge in [0.05, 0.1) is 0 Å². The lowest BCUT2D eigenvalue weighted by Gasteiger charge is -2.24. The summed E-state index contributed by atoms with van der Waals surface area (Å²) in [5.41, 5.74) is 1.94. The first kappa shape index (κ1) is 11.9. The highest BCUT2D eigenvalue weighted by Gasteiger charge is 2.11. The van der Waals surface area contributed by atoms with Crippen molar-refractivity contribution in [3.63, 3.8) is 0 Å². The van der Waals surface area contributed by atoms with Crippen LogP contribution in [0.4, 0.5) is 11.4 Å². The molecule has 0 saturated carbocycles. The van der Waals surface area contributed by atoms with Gasteiger partial charge in [0.15, 0.2) is 0 Å². The van der Waals surface area contributed by atoms with Crippen molar-refractivity contribution < 1.29 is 4.79 Å². The van der Waals surface area contributed by atoms with Gasteiger partial charge in [0, 0.05) is 30.9 Å². The van der Waals surface area contributed by atoms with Gasteiger partial charge in [0.2, 0.25) is 5.91 Å². The first-order chi connectivity index (χ1) is 8.24. The molecule has 3 N–H and O–H groups in total. The van der Waals surface area contributed by atoms with E-state index in [4.69, 9.17) is 0 Å². The van der Waals surface area contributed by atoms with Gasteiger partial charge in [0.1, 0.15) is 0 Å². The van der Waals surface area contributed by atoms with Crippen LogP contribution in [-0.4, -0.2) is 25.0 Å². The number of amides is 1. The van der Waals surface area contributed by atoms with E-state index in [1.165, 1.54) is 19.8 Å². The van der Waals surface area contributed by atoms with Gasteiger partial charge in [-0.2, -0.15) is 0 Å². The van der Waals surface area contributed by atoms with Crippen LogP contribution in [-0.2, 0) is 4.79 Å². The SMILES string of the molecule is CC(=O)Nc1ccc(NC2CCCNC2)cc1. The molecule has 1 aromatic carbocycles. The Morgan fingerprint density at radius 2 is 2.00 bits per heavy atom. The van der Waals surface area contributed by atoms with Crippen molar-refractivity contribution in [3.05, 3.63) is 24.3 Å². The molecule has 0 bridgehead atoms. The second kappa shape index (κ2) is 5.68. The lowest BCUT2D eigenvalue weighted by atomic mass is 10.1. The predicted molar refractivity (Wildman–Crippen MR) is 70.3 cm³/mol. The minimum atomic E-state index is -0.0396. The van der Waals surface area contributed by atoms with Crippen LogP contribution in [0, 0.1) is 0 Å². The standard InChI is InChI=1S/C13H19N3O/c1-10(17)15-11-4-6-12(7-5-11)16-13-3-2-8-14-9-13/h4-7,13-14,16H,2-3,8-9H2,1H3,(H,15,17). The van der Waals surface area contributed by atoms with Gasteiger partial charge >= 0.3 is 0 Å². The maximum Gasteiger partial charge on any atom is 0.221 e. The molecule has 1 unspecified atom stereocenters. The normalized spacial score (nSPS) is 19.7. The summed E-state index contributed by atoms with van der Waals surface area (Å²) in [5.74, 6) is -0.0396. The quantitative estimate of drug-likeness (QED) is 0.746. The molecule has 17 heavy (non-hydrogen) atoms. The molecular formula is C13H19N3O. The van der Waals surface area contributed by atoms with Crippen molar-refractivity contribution in [2.45, 2.75) is 25.8 Å². The largest absolute Gasteiger partial charge is 0.381 e. The first-order valence-corrected chi connectivity index (χ1v) is 6.09. The fraction of sp³-hybridized carbons (Fsp3) is 0.462. The maximum absolute atomic E-state index is 10.9. The van der Waals surface area contributed by atoms with Crippen molar-refractivity contribution in [2.24, 2.45) is 0 Å². The van der Waals surface area contributed by atoms with Gasteiger partial charge in [-0.25, -0.2) is 0 Å². The molecule has 4 nitrogen and oxygen atoms in total. The molecule has 2 rings (SSSR count). The fourth-order valence-electron chi connectivity index (χ4n) is 2.06. The lowest BCUT2D eigenvalue weighted by molar-refractivity contribution is -0.114. The second-order valence-corrected chi connectivity index (χ2v) is 4.45. The van der Waals surface area contributed by atoms with E-state index < -0.39 is 0 Å². The minimum absolute atomic E-state index is 0.0396. The minimum Gasteiger partial charge on any atom is -0.381 e. The second-order valence-electron chi connectivity index (χ2n) is 4.45. The Labute approximate surface area is 102 Å². The van der Waals surface area contributed by atoms with Crippen LogP contribution in [0.15, 0.2) is 24.3 Å². The number of hydrogen-bond donors (Lipinski definition) is 3. The zero-order valence-electron chi connectivity index (χ0n) is 10.1. The number of piperidine rings is 1. The van der Waals surface area contributed by atoms with E-state index in [-0.39, 0.29) is 5.91 Å². The number of rotatable bonds is 3. The molecule has 1 aromatic rings. The van der Waals surface area contributed by atoms with Crippen molar-refractivity contribution >= 4 is 17.3 Å². The van der Waals surface area contributed by atoms with Crippen molar-refractivity contribution in [1.29, 1.82) is 0 Å². The highest BCUT2D eigenvalue weighted by molar-refractivity contribution is 5.88. The van der Waals surface area contributed by atoms with E-state index in [1.54, 1.807) is 0 Å². The van der Waals surface area contributed by atoms with E-state index >= 15 is 0 Å². The number of carbonyl (C=O) groups is 1. The summed E-state index contributed by atoms with van der Waals surface area (Å²) in [6.45, 7) is 3.66. The van der Waals surface area contributed by atoms with Crippen LogP contribution in [0.25, 0.3) is 0 Å². The van der Waals surface area contributed by atoms with Crippen molar-refractivity contribution in [3.8, 4) is 0 Å². The Morgan fingerprint density at radius 1 is 1.29 bits per heavy atom. The van der Waals surface area contributed by atoms with E-state index in [2.05, 4.69) is 16.0 Å². The van der Waals surface area contributed by atoms with Crippen molar-refractivity contribution in [2.75, 3.05) is 23.7 Å². The summed E-state index contributed by atoms with van der Waals surface area (Å²) < 4.78 is 0. The summed E-state index contributed by atoms with van der Waals surface area (Å²) in [6, 6.07) is 8.34. The topological polar surface area (TPSA) is 53.2 Å². The zero-order chi connectivity index (χ0) is 12.1. The molecule has 0 aliphatic carbocycles. The average molecular weight is 233 g/mol. The molecule has 1 atom stereocenters. The molecule has 1 aliphatic rings. The van der Waals surface area contributed by atoms with Gasteiger partial charge in [-0.05, 0) is 43.7 Å². The van der Waals surface area contributed by atoms with E-state index in [9.17, 15) is 4.79 Å². The van der Waals surface area contributed by atoms with Gasteiger partial charge in [-0.1, -0.05) is 0 Å². The number of anilines is 2. The van der Waals surface area contributed by atoms with Crippen LogP contribution in [0.5, 0.6) is 0 Å². The monoisotopic (exact) mass is 233 g/mol. The molecule has 1 fully saturated rings. The van der Waals surface area contributed by atoms with E-state index in [0.717, 1.165) is 24.5 Å².